The summed E-state index contributed by atoms with van der Waals surface area (Å²) in [5, 5.41) is 15.1. The largest absolute Gasteiger partial charge is 0.465 e. The smallest absolute Gasteiger partial charge is 0.337 e. The number of ether oxygens (including phenoxy) is 1. The summed E-state index contributed by atoms with van der Waals surface area (Å²) in [6.45, 7) is 3.85. The second kappa shape index (κ2) is 9.69. The Labute approximate surface area is 184 Å². The maximum absolute atomic E-state index is 12.2. The zero-order valence-electron chi connectivity index (χ0n) is 17.9. The first-order valence-electron chi connectivity index (χ1n) is 9.73. The number of esters is 1. The quantitative estimate of drug-likeness (QED) is 0.264. The van der Waals surface area contributed by atoms with Gasteiger partial charge in [-0.3, -0.25) is 14.9 Å². The average Bonchev–Trinajstić information content (AvgIpc) is 3.06. The number of benzene rings is 2. The van der Waals surface area contributed by atoms with Crippen molar-refractivity contribution in [2.75, 3.05) is 7.11 Å². The molecule has 0 aliphatic heterocycles. The highest BCUT2D eigenvalue weighted by atomic mass is 16.6. The van der Waals surface area contributed by atoms with Gasteiger partial charge in [0, 0.05) is 34.3 Å². The van der Waals surface area contributed by atoms with Gasteiger partial charge in [-0.2, -0.15) is 5.10 Å². The molecule has 0 bridgehead atoms. The van der Waals surface area contributed by atoms with Gasteiger partial charge in [0.15, 0.2) is 0 Å². The summed E-state index contributed by atoms with van der Waals surface area (Å²) in [6, 6.07) is 15.0. The predicted molar refractivity (Wildman–Crippen MR) is 119 cm³/mol. The number of carbonyl (C=O) groups excluding carboxylic acids is 2. The minimum absolute atomic E-state index is 0.103. The van der Waals surface area contributed by atoms with E-state index in [-0.39, 0.29) is 12.1 Å². The molecule has 1 amide bonds. The van der Waals surface area contributed by atoms with E-state index >= 15 is 0 Å². The summed E-state index contributed by atoms with van der Waals surface area (Å²) in [5.41, 5.74) is 6.59. The molecular weight excluding hydrogens is 412 g/mol. The van der Waals surface area contributed by atoms with Crippen molar-refractivity contribution in [1.29, 1.82) is 0 Å². The number of nitrogens with zero attached hydrogens (tertiary/aromatic N) is 3. The molecule has 0 aliphatic carbocycles. The molecule has 9 nitrogen and oxygen atoms in total. The van der Waals surface area contributed by atoms with Crippen LogP contribution in [-0.4, -0.2) is 34.7 Å². The van der Waals surface area contributed by atoms with Gasteiger partial charge >= 0.3 is 5.97 Å². The summed E-state index contributed by atoms with van der Waals surface area (Å²) < 4.78 is 6.72. The van der Waals surface area contributed by atoms with E-state index in [0.29, 0.717) is 11.1 Å². The van der Waals surface area contributed by atoms with Crippen molar-refractivity contribution in [3.05, 3.63) is 92.8 Å². The number of methoxy groups -OCH3 is 1. The molecule has 2 aromatic carbocycles. The van der Waals surface area contributed by atoms with Crippen LogP contribution in [0.5, 0.6) is 0 Å². The van der Waals surface area contributed by atoms with Crippen molar-refractivity contribution in [2.45, 2.75) is 20.3 Å². The Hall–Kier alpha value is -4.27. The molecule has 1 heterocycles. The molecular formula is C23H22N4O5. The standard InChI is InChI=1S/C23H22N4O5/c1-15-12-19(16(2)26(15)20-10-8-17(9-11-20)23(29)32-3)14-24-25-22(28)13-18-6-4-5-7-21(18)27(30)31/h4-12,14H,13H2,1-3H3,(H,25,28). The Morgan fingerprint density at radius 1 is 1.16 bits per heavy atom. The zero-order valence-corrected chi connectivity index (χ0v) is 17.9. The van der Waals surface area contributed by atoms with Crippen molar-refractivity contribution >= 4 is 23.8 Å². The van der Waals surface area contributed by atoms with Gasteiger partial charge in [-0.1, -0.05) is 18.2 Å². The van der Waals surface area contributed by atoms with Crippen LogP contribution in [0, 0.1) is 24.0 Å². The Kier molecular flexibility index (Phi) is 6.79. The SMILES string of the molecule is COC(=O)c1ccc(-n2c(C)cc(C=NNC(=O)Cc3ccccc3[N+](=O)[O-])c2C)cc1. The second-order valence-electron chi connectivity index (χ2n) is 7.06. The lowest BCUT2D eigenvalue weighted by Crippen LogP contribution is -2.20. The summed E-state index contributed by atoms with van der Waals surface area (Å²) >= 11 is 0. The highest BCUT2D eigenvalue weighted by Crippen LogP contribution is 2.21. The molecule has 0 aliphatic rings. The van der Waals surface area contributed by atoms with Crippen LogP contribution >= 0.6 is 0 Å². The summed E-state index contributed by atoms with van der Waals surface area (Å²) in [6.07, 6.45) is 1.37. The van der Waals surface area contributed by atoms with Crippen LogP contribution in [0.4, 0.5) is 5.69 Å². The van der Waals surface area contributed by atoms with E-state index in [9.17, 15) is 19.7 Å². The molecule has 3 rings (SSSR count). The summed E-state index contributed by atoms with van der Waals surface area (Å²) in [4.78, 5) is 34.4. The minimum Gasteiger partial charge on any atom is -0.465 e. The molecule has 0 radical (unpaired) electrons. The van der Waals surface area contributed by atoms with Crippen LogP contribution in [0.1, 0.15) is 32.9 Å². The van der Waals surface area contributed by atoms with E-state index in [2.05, 4.69) is 10.5 Å². The zero-order chi connectivity index (χ0) is 23.3. The maximum Gasteiger partial charge on any atom is 0.337 e. The number of amides is 1. The molecule has 1 N–H and O–H groups in total. The van der Waals surface area contributed by atoms with Crippen molar-refractivity contribution in [3.8, 4) is 5.69 Å². The third kappa shape index (κ3) is 4.89. The maximum atomic E-state index is 12.2. The lowest BCUT2D eigenvalue weighted by Gasteiger charge is -2.10. The number of nitro benzene ring substituents is 1. The van der Waals surface area contributed by atoms with Crippen LogP contribution < -0.4 is 5.43 Å². The number of aryl methyl sites for hydroxylation is 1. The number of para-hydroxylation sites is 1. The van der Waals surface area contributed by atoms with Crippen molar-refractivity contribution in [1.82, 2.24) is 9.99 Å². The van der Waals surface area contributed by atoms with Crippen LogP contribution in [0.3, 0.4) is 0 Å². The Morgan fingerprint density at radius 2 is 1.84 bits per heavy atom. The molecule has 164 valence electrons. The normalized spacial score (nSPS) is 10.8. The molecule has 3 aromatic rings. The molecule has 0 atom stereocenters. The van der Waals surface area contributed by atoms with Crippen LogP contribution in [0.2, 0.25) is 0 Å². The van der Waals surface area contributed by atoms with Crippen molar-refractivity contribution < 1.29 is 19.2 Å². The van der Waals surface area contributed by atoms with E-state index in [1.165, 1.54) is 19.4 Å². The highest BCUT2D eigenvalue weighted by molar-refractivity contribution is 5.89. The van der Waals surface area contributed by atoms with Gasteiger partial charge in [0.2, 0.25) is 5.91 Å². The third-order valence-electron chi connectivity index (χ3n) is 4.95. The highest BCUT2D eigenvalue weighted by Gasteiger charge is 2.15. The van der Waals surface area contributed by atoms with Crippen LogP contribution in [0.15, 0.2) is 59.7 Å². The van der Waals surface area contributed by atoms with E-state index in [1.54, 1.807) is 30.3 Å². The van der Waals surface area contributed by atoms with E-state index in [1.807, 2.05) is 36.6 Å². The molecule has 0 fully saturated rings. The Bertz CT molecular complexity index is 1200. The van der Waals surface area contributed by atoms with Gasteiger partial charge < -0.3 is 9.30 Å². The first-order chi connectivity index (χ1) is 15.3. The molecule has 32 heavy (non-hydrogen) atoms. The summed E-state index contributed by atoms with van der Waals surface area (Å²) in [5.74, 6) is -0.857. The van der Waals surface area contributed by atoms with Gasteiger partial charge in [-0.05, 0) is 44.2 Å². The minimum atomic E-state index is -0.515. The number of nitro groups is 1. The van der Waals surface area contributed by atoms with Crippen molar-refractivity contribution in [3.63, 3.8) is 0 Å². The van der Waals surface area contributed by atoms with Gasteiger partial charge in [0.05, 0.1) is 30.2 Å². The Balaban J connectivity index is 1.72. The lowest BCUT2D eigenvalue weighted by molar-refractivity contribution is -0.385. The average molecular weight is 434 g/mol. The second-order valence-corrected chi connectivity index (χ2v) is 7.06. The number of hydrogen-bond donors (Lipinski definition) is 1. The first kappa shape index (κ1) is 22.4. The first-order valence-corrected chi connectivity index (χ1v) is 9.73. The Morgan fingerprint density at radius 3 is 2.50 bits per heavy atom. The number of nitrogens with one attached hydrogen (secondary N) is 1. The molecule has 0 unspecified atom stereocenters. The monoisotopic (exact) mass is 434 g/mol. The molecule has 0 saturated heterocycles. The lowest BCUT2D eigenvalue weighted by atomic mass is 10.1. The number of aromatic nitrogens is 1. The fourth-order valence-electron chi connectivity index (χ4n) is 3.40. The molecule has 0 spiro atoms. The van der Waals surface area contributed by atoms with Gasteiger partial charge in [-0.25, -0.2) is 10.2 Å². The third-order valence-corrected chi connectivity index (χ3v) is 4.95. The van der Waals surface area contributed by atoms with Crippen molar-refractivity contribution in [2.24, 2.45) is 5.10 Å². The van der Waals surface area contributed by atoms with E-state index < -0.39 is 16.8 Å². The van der Waals surface area contributed by atoms with Crippen LogP contribution in [0.25, 0.3) is 5.69 Å². The number of hydrazone groups is 1. The fraction of sp³-hybridized carbons (Fsp3) is 0.174. The fourth-order valence-corrected chi connectivity index (χ4v) is 3.40. The molecule has 9 heteroatoms. The van der Waals surface area contributed by atoms with Gasteiger partial charge in [0.25, 0.3) is 5.69 Å². The number of rotatable bonds is 7. The topological polar surface area (TPSA) is 116 Å². The predicted octanol–water partition coefficient (Wildman–Crippen LogP) is 3.48. The van der Waals surface area contributed by atoms with Gasteiger partial charge in [-0.15, -0.1) is 0 Å². The van der Waals surface area contributed by atoms with Crippen LogP contribution in [-0.2, 0) is 16.0 Å². The van der Waals surface area contributed by atoms with Gasteiger partial charge in [0.1, 0.15) is 0 Å². The summed E-state index contributed by atoms with van der Waals surface area (Å²) in [7, 11) is 1.34. The van der Waals surface area contributed by atoms with E-state index in [0.717, 1.165) is 22.6 Å². The molecule has 0 saturated carbocycles. The molecule has 1 aromatic heterocycles. The van der Waals surface area contributed by atoms with E-state index in [4.69, 9.17) is 4.74 Å². The number of hydrogen-bond acceptors (Lipinski definition) is 6. The number of carbonyl (C=O) groups is 2.